The molecule has 130 valence electrons. The van der Waals surface area contributed by atoms with Crippen LogP contribution in [0.2, 0.25) is 0 Å². The number of amides is 2. The van der Waals surface area contributed by atoms with E-state index < -0.39 is 5.97 Å². The number of nitrogens with zero attached hydrogens (tertiary/aromatic N) is 1. The van der Waals surface area contributed by atoms with Gasteiger partial charge in [0.1, 0.15) is 0 Å². The van der Waals surface area contributed by atoms with Gasteiger partial charge in [0.25, 0.3) is 5.91 Å². The van der Waals surface area contributed by atoms with Gasteiger partial charge in [-0.25, -0.2) is 4.79 Å². The Kier molecular flexibility index (Phi) is 6.35. The molecule has 0 saturated carbocycles. The first-order valence-electron chi connectivity index (χ1n) is 8.42. The van der Waals surface area contributed by atoms with Crippen molar-refractivity contribution < 1.29 is 19.1 Å². The van der Waals surface area contributed by atoms with Crippen LogP contribution in [0.5, 0.6) is 0 Å². The smallest absolute Gasteiger partial charge is 0.338 e. The second-order valence-corrected chi connectivity index (χ2v) is 5.85. The molecule has 0 aliphatic carbocycles. The van der Waals surface area contributed by atoms with Gasteiger partial charge in [0, 0.05) is 24.7 Å². The van der Waals surface area contributed by atoms with Gasteiger partial charge in [-0.1, -0.05) is 13.8 Å². The van der Waals surface area contributed by atoms with E-state index in [2.05, 4.69) is 5.32 Å². The Morgan fingerprint density at radius 3 is 2.42 bits per heavy atom. The van der Waals surface area contributed by atoms with E-state index in [0.717, 1.165) is 24.9 Å². The molecule has 0 aromatic heterocycles. The third-order valence-electron chi connectivity index (χ3n) is 4.17. The maximum atomic E-state index is 12.0. The first-order valence-corrected chi connectivity index (χ1v) is 8.42. The monoisotopic (exact) mass is 332 g/mol. The lowest BCUT2D eigenvalue weighted by Crippen LogP contribution is -2.36. The lowest BCUT2D eigenvalue weighted by atomic mass is 10.2. The normalized spacial score (nSPS) is 14.1. The van der Waals surface area contributed by atoms with Crippen LogP contribution in [0.25, 0.3) is 0 Å². The van der Waals surface area contributed by atoms with Crippen LogP contribution in [0.1, 0.15) is 49.9 Å². The molecule has 0 radical (unpaired) electrons. The molecule has 6 nitrogen and oxygen atoms in total. The van der Waals surface area contributed by atoms with Crippen LogP contribution in [-0.2, 0) is 14.3 Å². The zero-order valence-electron chi connectivity index (χ0n) is 14.2. The minimum atomic E-state index is -0.547. The summed E-state index contributed by atoms with van der Waals surface area (Å²) in [6, 6.07) is 6.78. The maximum Gasteiger partial charge on any atom is 0.338 e. The second-order valence-electron chi connectivity index (χ2n) is 5.85. The molecular formula is C18H24N2O4. The lowest BCUT2D eigenvalue weighted by molar-refractivity contribution is -0.125. The van der Waals surface area contributed by atoms with Crippen molar-refractivity contribution in [1.29, 1.82) is 0 Å². The lowest BCUT2D eigenvalue weighted by Gasteiger charge is -2.16. The van der Waals surface area contributed by atoms with Gasteiger partial charge in [-0.2, -0.15) is 0 Å². The molecule has 1 aromatic rings. The fourth-order valence-electron chi connectivity index (χ4n) is 2.68. The quantitative estimate of drug-likeness (QED) is 0.777. The van der Waals surface area contributed by atoms with Gasteiger partial charge in [-0.05, 0) is 43.5 Å². The average Bonchev–Trinajstić information content (AvgIpc) is 3.03. The summed E-state index contributed by atoms with van der Waals surface area (Å²) in [7, 11) is 0. The molecule has 0 bridgehead atoms. The number of hydrogen-bond donors (Lipinski definition) is 1. The summed E-state index contributed by atoms with van der Waals surface area (Å²) >= 11 is 0. The van der Waals surface area contributed by atoms with E-state index in [1.165, 1.54) is 0 Å². The zero-order valence-corrected chi connectivity index (χ0v) is 14.2. The number of carbonyl (C=O) groups is 3. The Morgan fingerprint density at radius 2 is 1.88 bits per heavy atom. The molecule has 2 rings (SSSR count). The molecular weight excluding hydrogens is 308 g/mol. The highest BCUT2D eigenvalue weighted by Gasteiger charge is 2.22. The van der Waals surface area contributed by atoms with E-state index in [1.54, 1.807) is 29.2 Å². The zero-order chi connectivity index (χ0) is 17.5. The molecule has 1 fully saturated rings. The Bertz CT molecular complexity index is 594. The summed E-state index contributed by atoms with van der Waals surface area (Å²) in [5, 5.41) is 2.81. The molecule has 0 spiro atoms. The minimum Gasteiger partial charge on any atom is -0.452 e. The van der Waals surface area contributed by atoms with Crippen molar-refractivity contribution in [2.45, 2.75) is 45.6 Å². The van der Waals surface area contributed by atoms with Crippen LogP contribution in [0.3, 0.4) is 0 Å². The van der Waals surface area contributed by atoms with Crippen LogP contribution < -0.4 is 10.2 Å². The van der Waals surface area contributed by atoms with Crippen molar-refractivity contribution in [3.05, 3.63) is 29.8 Å². The van der Waals surface area contributed by atoms with Crippen molar-refractivity contribution in [1.82, 2.24) is 5.32 Å². The van der Waals surface area contributed by atoms with Crippen LogP contribution in [0.15, 0.2) is 24.3 Å². The van der Waals surface area contributed by atoms with E-state index >= 15 is 0 Å². The number of anilines is 1. The van der Waals surface area contributed by atoms with Crippen molar-refractivity contribution in [2.24, 2.45) is 0 Å². The Labute approximate surface area is 142 Å². The molecule has 1 saturated heterocycles. The average molecular weight is 332 g/mol. The summed E-state index contributed by atoms with van der Waals surface area (Å²) in [5.41, 5.74) is 1.14. The summed E-state index contributed by atoms with van der Waals surface area (Å²) in [6.07, 6.45) is 3.10. The summed E-state index contributed by atoms with van der Waals surface area (Å²) in [4.78, 5) is 37.1. The predicted octanol–water partition coefficient (Wildman–Crippen LogP) is 2.28. The molecule has 2 amide bonds. The number of ether oxygens (including phenoxy) is 1. The highest BCUT2D eigenvalue weighted by molar-refractivity contribution is 5.96. The molecule has 24 heavy (non-hydrogen) atoms. The highest BCUT2D eigenvalue weighted by atomic mass is 16.5. The standard InChI is InChI=1S/C18H24N2O4/c1-3-14(4-2)19-16(21)12-24-18(23)13-7-9-15(10-8-13)20-11-5-6-17(20)22/h7-10,14H,3-6,11-12H2,1-2H3,(H,19,21). The van der Waals surface area contributed by atoms with E-state index in [0.29, 0.717) is 18.5 Å². The fourth-order valence-corrected chi connectivity index (χ4v) is 2.68. The number of rotatable bonds is 7. The topological polar surface area (TPSA) is 75.7 Å². The Hall–Kier alpha value is -2.37. The van der Waals surface area contributed by atoms with E-state index in [9.17, 15) is 14.4 Å². The van der Waals surface area contributed by atoms with Crippen molar-refractivity contribution in [3.63, 3.8) is 0 Å². The third-order valence-corrected chi connectivity index (χ3v) is 4.17. The second kappa shape index (κ2) is 8.47. The minimum absolute atomic E-state index is 0.100. The third kappa shape index (κ3) is 4.57. The van der Waals surface area contributed by atoms with Crippen molar-refractivity contribution >= 4 is 23.5 Å². The number of carbonyl (C=O) groups excluding carboxylic acids is 3. The van der Waals surface area contributed by atoms with E-state index in [-0.39, 0.29) is 24.5 Å². The Balaban J connectivity index is 1.86. The molecule has 0 unspecified atom stereocenters. The maximum absolute atomic E-state index is 12.0. The molecule has 1 aromatic carbocycles. The SMILES string of the molecule is CCC(CC)NC(=O)COC(=O)c1ccc(N2CCCC2=O)cc1. The molecule has 0 atom stereocenters. The van der Waals surface area contributed by atoms with Crippen LogP contribution in [-0.4, -0.2) is 37.0 Å². The summed E-state index contributed by atoms with van der Waals surface area (Å²) in [6.45, 7) is 4.40. The first-order chi connectivity index (χ1) is 11.5. The van der Waals surface area contributed by atoms with Crippen LogP contribution >= 0.6 is 0 Å². The van der Waals surface area contributed by atoms with Gasteiger partial charge in [-0.15, -0.1) is 0 Å². The fraction of sp³-hybridized carbons (Fsp3) is 0.500. The van der Waals surface area contributed by atoms with Crippen molar-refractivity contribution in [3.8, 4) is 0 Å². The van der Waals surface area contributed by atoms with Crippen LogP contribution in [0.4, 0.5) is 5.69 Å². The van der Waals surface area contributed by atoms with Gasteiger partial charge in [0.05, 0.1) is 5.56 Å². The molecule has 1 aliphatic rings. The van der Waals surface area contributed by atoms with Gasteiger partial charge in [0.15, 0.2) is 6.61 Å². The van der Waals surface area contributed by atoms with E-state index in [1.807, 2.05) is 13.8 Å². The summed E-state index contributed by atoms with van der Waals surface area (Å²) in [5.74, 6) is -0.742. The van der Waals surface area contributed by atoms with Gasteiger partial charge >= 0.3 is 5.97 Å². The predicted molar refractivity (Wildman–Crippen MR) is 90.8 cm³/mol. The number of hydrogen-bond acceptors (Lipinski definition) is 4. The molecule has 1 N–H and O–H groups in total. The number of benzene rings is 1. The number of nitrogens with one attached hydrogen (secondary N) is 1. The largest absolute Gasteiger partial charge is 0.452 e. The highest BCUT2D eigenvalue weighted by Crippen LogP contribution is 2.21. The molecule has 6 heteroatoms. The van der Waals surface area contributed by atoms with Gasteiger partial charge in [0.2, 0.25) is 5.91 Å². The van der Waals surface area contributed by atoms with Gasteiger partial charge in [-0.3, -0.25) is 9.59 Å². The molecule has 1 heterocycles. The Morgan fingerprint density at radius 1 is 1.21 bits per heavy atom. The molecule has 1 aliphatic heterocycles. The van der Waals surface area contributed by atoms with Crippen molar-refractivity contribution in [2.75, 3.05) is 18.1 Å². The van der Waals surface area contributed by atoms with E-state index in [4.69, 9.17) is 4.74 Å². The summed E-state index contributed by atoms with van der Waals surface area (Å²) < 4.78 is 5.03. The van der Waals surface area contributed by atoms with Crippen LogP contribution in [0, 0.1) is 0 Å². The first kappa shape index (κ1) is 18.0. The van der Waals surface area contributed by atoms with Gasteiger partial charge < -0.3 is 15.0 Å². The number of esters is 1.